The molecule has 1 aromatic heterocycles. The van der Waals surface area contributed by atoms with Crippen molar-refractivity contribution in [3.05, 3.63) is 90.4 Å². The molecule has 1 aliphatic heterocycles. The van der Waals surface area contributed by atoms with Gasteiger partial charge in [-0.15, -0.1) is 6.58 Å². The van der Waals surface area contributed by atoms with Crippen LogP contribution in [0.3, 0.4) is 0 Å². The van der Waals surface area contributed by atoms with Gasteiger partial charge >= 0.3 is 12.1 Å². The predicted octanol–water partition coefficient (Wildman–Crippen LogP) is 7.12. The van der Waals surface area contributed by atoms with Crippen molar-refractivity contribution >= 4 is 18.0 Å². The van der Waals surface area contributed by atoms with Crippen molar-refractivity contribution in [2.24, 2.45) is 11.3 Å². The van der Waals surface area contributed by atoms with Crippen molar-refractivity contribution < 1.29 is 37.0 Å². The number of benzene rings is 2. The van der Waals surface area contributed by atoms with E-state index in [1.54, 1.807) is 37.6 Å². The van der Waals surface area contributed by atoms with Gasteiger partial charge in [0.15, 0.2) is 6.10 Å². The standard InChI is InChI=1S/C37H45F3N4O5/c1-9-37(7,8)32(33-41-31(28-17-27(38)15-16-29(28)39)22-42(33)18-25-13-11-10-12-14-25)44(34(46)23(2)48-24(3)45)20-26-19-43(21-30(26)40)35(47)49-36(4,5)6/h9-17,22-23,26,30,32H,1,18-21H2,2-8H3/t23-,26?,30?,32-/m0/s1. The third-order valence-electron chi connectivity index (χ3n) is 8.41. The lowest BCUT2D eigenvalue weighted by atomic mass is 9.82. The van der Waals surface area contributed by atoms with Crippen molar-refractivity contribution in [3.8, 4) is 11.3 Å². The average Bonchev–Trinajstić information content (AvgIpc) is 3.59. The van der Waals surface area contributed by atoms with Gasteiger partial charge in [-0.25, -0.2) is 22.9 Å². The third-order valence-corrected chi connectivity index (χ3v) is 8.41. The van der Waals surface area contributed by atoms with E-state index in [-0.39, 0.29) is 43.3 Å². The molecule has 0 saturated carbocycles. The Bertz CT molecular complexity index is 1670. The van der Waals surface area contributed by atoms with Crippen LogP contribution in [0.1, 0.15) is 65.9 Å². The third kappa shape index (κ3) is 9.10. The van der Waals surface area contributed by atoms with E-state index in [1.165, 1.54) is 23.6 Å². The second-order valence-corrected chi connectivity index (χ2v) is 14.1. The quantitative estimate of drug-likeness (QED) is 0.158. The minimum Gasteiger partial charge on any atom is -0.453 e. The summed E-state index contributed by atoms with van der Waals surface area (Å²) < 4.78 is 57.8. The molecule has 12 heteroatoms. The number of hydrogen-bond acceptors (Lipinski definition) is 6. The summed E-state index contributed by atoms with van der Waals surface area (Å²) in [6, 6.07) is 11.5. The molecule has 2 heterocycles. The highest BCUT2D eigenvalue weighted by molar-refractivity contribution is 5.83. The summed E-state index contributed by atoms with van der Waals surface area (Å²) in [7, 11) is 0. The fourth-order valence-electron chi connectivity index (χ4n) is 5.95. The summed E-state index contributed by atoms with van der Waals surface area (Å²) in [4.78, 5) is 46.7. The molecular formula is C37H45F3N4O5. The number of carbonyl (C=O) groups excluding carboxylic acids is 3. The van der Waals surface area contributed by atoms with Crippen molar-refractivity contribution in [2.45, 2.75) is 78.9 Å². The minimum atomic E-state index is -1.51. The molecule has 0 spiro atoms. The molecule has 0 bridgehead atoms. The first-order chi connectivity index (χ1) is 22.9. The molecule has 0 aliphatic carbocycles. The fraction of sp³-hybridized carbons (Fsp3) is 0.459. The number of ether oxygens (including phenoxy) is 2. The molecule has 0 radical (unpaired) electrons. The summed E-state index contributed by atoms with van der Waals surface area (Å²) in [6.45, 7) is 15.2. The topological polar surface area (TPSA) is 94.0 Å². The number of likely N-dealkylation sites (tertiary alicyclic amines) is 1. The van der Waals surface area contributed by atoms with Crippen LogP contribution in [0.4, 0.5) is 18.0 Å². The molecule has 1 saturated heterocycles. The second kappa shape index (κ2) is 14.9. The van der Waals surface area contributed by atoms with E-state index < -0.39 is 64.9 Å². The molecule has 0 N–H and O–H groups in total. The molecule has 1 aliphatic rings. The Hall–Kier alpha value is -4.61. The Morgan fingerprint density at radius 2 is 1.76 bits per heavy atom. The van der Waals surface area contributed by atoms with Gasteiger partial charge in [-0.2, -0.15) is 0 Å². The number of carbonyl (C=O) groups is 3. The lowest BCUT2D eigenvalue weighted by molar-refractivity contribution is -0.160. The van der Waals surface area contributed by atoms with E-state index in [0.717, 1.165) is 23.8 Å². The summed E-state index contributed by atoms with van der Waals surface area (Å²) in [6.07, 6.45) is -0.234. The molecule has 49 heavy (non-hydrogen) atoms. The molecule has 264 valence electrons. The molecule has 2 amide bonds. The van der Waals surface area contributed by atoms with Gasteiger partial charge in [0.25, 0.3) is 5.91 Å². The number of halogens is 3. The molecule has 2 aromatic carbocycles. The predicted molar refractivity (Wildman–Crippen MR) is 179 cm³/mol. The average molecular weight is 683 g/mol. The van der Waals surface area contributed by atoms with Crippen LogP contribution in [0.2, 0.25) is 0 Å². The van der Waals surface area contributed by atoms with Crippen LogP contribution >= 0.6 is 0 Å². The zero-order valence-corrected chi connectivity index (χ0v) is 29.1. The molecule has 4 rings (SSSR count). The van der Waals surface area contributed by atoms with Crippen molar-refractivity contribution in [2.75, 3.05) is 19.6 Å². The fourth-order valence-corrected chi connectivity index (χ4v) is 5.95. The molecule has 4 atom stereocenters. The molecule has 1 fully saturated rings. The van der Waals surface area contributed by atoms with E-state index in [4.69, 9.17) is 14.5 Å². The number of amides is 2. The van der Waals surface area contributed by atoms with Crippen LogP contribution in [0.15, 0.2) is 67.4 Å². The largest absolute Gasteiger partial charge is 0.453 e. The Kier molecular flexibility index (Phi) is 11.3. The van der Waals surface area contributed by atoms with E-state index in [1.807, 2.05) is 44.2 Å². The van der Waals surface area contributed by atoms with Gasteiger partial charge in [0.2, 0.25) is 0 Å². The highest BCUT2D eigenvalue weighted by atomic mass is 19.1. The smallest absolute Gasteiger partial charge is 0.410 e. The summed E-state index contributed by atoms with van der Waals surface area (Å²) >= 11 is 0. The monoisotopic (exact) mass is 682 g/mol. The summed E-state index contributed by atoms with van der Waals surface area (Å²) in [5.74, 6) is -3.23. The minimum absolute atomic E-state index is 0.0404. The molecule has 9 nitrogen and oxygen atoms in total. The Morgan fingerprint density at radius 1 is 1.08 bits per heavy atom. The SMILES string of the molecule is C=CC(C)(C)[C@H](c1nc(-c2cc(F)ccc2F)cn1Cc1ccccc1)N(CC1CN(C(=O)OC(C)(C)C)CC1F)C(=O)[C@H](C)OC(C)=O. The van der Waals surface area contributed by atoms with Crippen LogP contribution in [0, 0.1) is 23.0 Å². The summed E-state index contributed by atoms with van der Waals surface area (Å²) in [5, 5.41) is 0. The van der Waals surface area contributed by atoms with Crippen molar-refractivity contribution in [1.29, 1.82) is 0 Å². The van der Waals surface area contributed by atoms with E-state index in [9.17, 15) is 18.8 Å². The van der Waals surface area contributed by atoms with Gasteiger partial charge in [-0.05, 0) is 51.5 Å². The van der Waals surface area contributed by atoms with E-state index >= 15 is 8.78 Å². The maximum absolute atomic E-state index is 15.8. The van der Waals surface area contributed by atoms with Crippen LogP contribution in [-0.2, 0) is 25.6 Å². The molecule has 3 aromatic rings. The number of aromatic nitrogens is 2. The van der Waals surface area contributed by atoms with Crippen molar-refractivity contribution in [1.82, 2.24) is 19.4 Å². The zero-order chi connectivity index (χ0) is 36.3. The van der Waals surface area contributed by atoms with E-state index in [2.05, 4.69) is 6.58 Å². The van der Waals surface area contributed by atoms with Gasteiger partial charge < -0.3 is 23.8 Å². The van der Waals surface area contributed by atoms with Crippen molar-refractivity contribution in [3.63, 3.8) is 0 Å². The molecule has 2 unspecified atom stereocenters. The van der Waals surface area contributed by atoms with Crippen LogP contribution < -0.4 is 0 Å². The maximum atomic E-state index is 15.8. The van der Waals surface area contributed by atoms with Gasteiger partial charge in [-0.1, -0.05) is 50.3 Å². The molecular weight excluding hydrogens is 637 g/mol. The van der Waals surface area contributed by atoms with Gasteiger partial charge in [0.1, 0.15) is 29.2 Å². The maximum Gasteiger partial charge on any atom is 0.410 e. The number of rotatable bonds is 11. The van der Waals surface area contributed by atoms with Gasteiger partial charge in [0, 0.05) is 49.7 Å². The summed E-state index contributed by atoms with van der Waals surface area (Å²) in [5.41, 5.74) is -0.855. The first-order valence-corrected chi connectivity index (χ1v) is 16.2. The van der Waals surface area contributed by atoms with Crippen LogP contribution in [0.25, 0.3) is 11.3 Å². The Morgan fingerprint density at radius 3 is 2.37 bits per heavy atom. The zero-order valence-electron chi connectivity index (χ0n) is 29.1. The normalized spacial score (nSPS) is 17.7. The Balaban J connectivity index is 1.88. The lowest BCUT2D eigenvalue weighted by Gasteiger charge is -2.42. The lowest BCUT2D eigenvalue weighted by Crippen LogP contribution is -2.50. The highest BCUT2D eigenvalue weighted by Gasteiger charge is 2.45. The Labute approximate surface area is 285 Å². The number of nitrogens with zero attached hydrogens (tertiary/aromatic N) is 4. The second-order valence-electron chi connectivity index (χ2n) is 14.1. The first-order valence-electron chi connectivity index (χ1n) is 16.2. The number of esters is 1. The van der Waals surface area contributed by atoms with E-state index in [0.29, 0.717) is 0 Å². The highest BCUT2D eigenvalue weighted by Crippen LogP contribution is 2.42. The number of imidazole rings is 1. The van der Waals surface area contributed by atoms with Gasteiger partial charge in [-0.3, -0.25) is 9.59 Å². The first kappa shape index (κ1) is 37.2. The number of alkyl halides is 1. The number of hydrogen-bond donors (Lipinski definition) is 0. The van der Waals surface area contributed by atoms with Crippen LogP contribution in [0.5, 0.6) is 0 Å². The van der Waals surface area contributed by atoms with Gasteiger partial charge in [0.05, 0.1) is 18.3 Å². The van der Waals surface area contributed by atoms with Crippen LogP contribution in [-0.4, -0.2) is 74.8 Å².